The Morgan fingerprint density at radius 2 is 1.72 bits per heavy atom. The van der Waals surface area contributed by atoms with Crippen LogP contribution in [-0.4, -0.2) is 41.8 Å². The van der Waals surface area contributed by atoms with Crippen LogP contribution in [0.3, 0.4) is 0 Å². The van der Waals surface area contributed by atoms with Gasteiger partial charge in [-0.25, -0.2) is 4.90 Å². The van der Waals surface area contributed by atoms with Crippen LogP contribution < -0.4 is 10.6 Å². The van der Waals surface area contributed by atoms with Gasteiger partial charge in [-0.15, -0.1) is 0 Å². The average molecular weight is 343 g/mol. The van der Waals surface area contributed by atoms with Crippen LogP contribution in [0.5, 0.6) is 0 Å². The average Bonchev–Trinajstić information content (AvgIpc) is 2.89. The summed E-state index contributed by atoms with van der Waals surface area (Å²) in [5, 5.41) is 0. The van der Waals surface area contributed by atoms with E-state index in [1.54, 1.807) is 0 Å². The number of amides is 3. The fraction of sp³-hybridized carbons (Fsp3) is 0.526. The van der Waals surface area contributed by atoms with E-state index < -0.39 is 6.04 Å². The first-order valence-electron chi connectivity index (χ1n) is 8.88. The first-order valence-corrected chi connectivity index (χ1v) is 8.88. The molecule has 0 aliphatic carbocycles. The standard InChI is InChI=1S/C19H25N3O3/c1-12(2)13-3-5-15(6-4-13)22-17(23)11-16(19(22)25)21-9-7-14(8-10-21)18(20)24/h3-6,12,14,16H,7-11H2,1-2H3,(H2,20,24)/t16-/m1/s1. The second kappa shape index (κ2) is 6.96. The van der Waals surface area contributed by atoms with E-state index in [1.807, 2.05) is 29.2 Å². The van der Waals surface area contributed by atoms with Gasteiger partial charge in [0, 0.05) is 5.92 Å². The molecule has 1 aromatic carbocycles. The van der Waals surface area contributed by atoms with Gasteiger partial charge in [0.15, 0.2) is 0 Å². The van der Waals surface area contributed by atoms with Crippen LogP contribution >= 0.6 is 0 Å². The Morgan fingerprint density at radius 3 is 2.24 bits per heavy atom. The van der Waals surface area contributed by atoms with Gasteiger partial charge in [0.25, 0.3) is 5.91 Å². The minimum absolute atomic E-state index is 0.122. The summed E-state index contributed by atoms with van der Waals surface area (Å²) in [4.78, 5) is 39.9. The molecule has 134 valence electrons. The molecule has 1 atom stereocenters. The summed E-state index contributed by atoms with van der Waals surface area (Å²) in [6.45, 7) is 5.45. The molecule has 2 aliphatic rings. The first-order chi connectivity index (χ1) is 11.9. The topological polar surface area (TPSA) is 83.7 Å². The molecule has 2 aliphatic heterocycles. The van der Waals surface area contributed by atoms with E-state index in [2.05, 4.69) is 13.8 Å². The third kappa shape index (κ3) is 3.44. The maximum atomic E-state index is 12.8. The van der Waals surface area contributed by atoms with Crippen molar-refractivity contribution >= 4 is 23.4 Å². The minimum Gasteiger partial charge on any atom is -0.369 e. The van der Waals surface area contributed by atoms with Crippen molar-refractivity contribution in [2.24, 2.45) is 11.7 Å². The summed E-state index contributed by atoms with van der Waals surface area (Å²) in [6, 6.07) is 7.18. The highest BCUT2D eigenvalue weighted by atomic mass is 16.2. The Morgan fingerprint density at radius 1 is 1.12 bits per heavy atom. The van der Waals surface area contributed by atoms with E-state index in [0.717, 1.165) is 0 Å². The van der Waals surface area contributed by atoms with Gasteiger partial charge in [0.2, 0.25) is 11.8 Å². The quantitative estimate of drug-likeness (QED) is 0.843. The van der Waals surface area contributed by atoms with E-state index in [-0.39, 0.29) is 30.1 Å². The van der Waals surface area contributed by atoms with E-state index in [0.29, 0.717) is 37.5 Å². The molecule has 0 spiro atoms. The second-order valence-electron chi connectivity index (χ2n) is 7.25. The van der Waals surface area contributed by atoms with E-state index in [1.165, 1.54) is 10.5 Å². The molecule has 0 radical (unpaired) electrons. The molecule has 0 aromatic heterocycles. The number of primary amides is 1. The maximum Gasteiger partial charge on any atom is 0.251 e. The molecule has 2 heterocycles. The molecule has 25 heavy (non-hydrogen) atoms. The lowest BCUT2D eigenvalue weighted by Gasteiger charge is -2.33. The first kappa shape index (κ1) is 17.6. The predicted molar refractivity (Wildman–Crippen MR) is 94.9 cm³/mol. The van der Waals surface area contributed by atoms with E-state index in [9.17, 15) is 14.4 Å². The number of hydrogen-bond acceptors (Lipinski definition) is 4. The predicted octanol–water partition coefficient (Wildman–Crippen LogP) is 1.64. The van der Waals surface area contributed by atoms with Gasteiger partial charge in [-0.2, -0.15) is 0 Å². The van der Waals surface area contributed by atoms with Crippen LogP contribution in [0.25, 0.3) is 0 Å². The van der Waals surface area contributed by atoms with Crippen molar-refractivity contribution in [3.63, 3.8) is 0 Å². The summed E-state index contributed by atoms with van der Waals surface area (Å²) in [5.74, 6) is -0.328. The largest absolute Gasteiger partial charge is 0.369 e. The Bertz CT molecular complexity index is 676. The Balaban J connectivity index is 1.71. The molecule has 3 amide bonds. The zero-order chi connectivity index (χ0) is 18.1. The zero-order valence-corrected chi connectivity index (χ0v) is 14.8. The molecule has 3 rings (SSSR count). The molecular formula is C19H25N3O3. The van der Waals surface area contributed by atoms with Gasteiger partial charge in [0.1, 0.15) is 0 Å². The molecule has 6 nitrogen and oxygen atoms in total. The van der Waals surface area contributed by atoms with Gasteiger partial charge in [-0.3, -0.25) is 19.3 Å². The van der Waals surface area contributed by atoms with Gasteiger partial charge in [-0.1, -0.05) is 26.0 Å². The summed E-state index contributed by atoms with van der Waals surface area (Å²) in [7, 11) is 0. The van der Waals surface area contributed by atoms with E-state index >= 15 is 0 Å². The molecular weight excluding hydrogens is 318 g/mol. The fourth-order valence-electron chi connectivity index (χ4n) is 3.68. The number of nitrogens with two attached hydrogens (primary N) is 1. The number of imide groups is 1. The molecule has 1 aromatic rings. The van der Waals surface area contributed by atoms with Crippen molar-refractivity contribution < 1.29 is 14.4 Å². The van der Waals surface area contributed by atoms with E-state index in [4.69, 9.17) is 5.73 Å². The number of carbonyl (C=O) groups is 3. The highest BCUT2D eigenvalue weighted by Crippen LogP contribution is 2.29. The van der Waals surface area contributed by atoms with Gasteiger partial charge < -0.3 is 5.73 Å². The Kier molecular flexibility index (Phi) is 4.90. The van der Waals surface area contributed by atoms with Crippen LogP contribution in [-0.2, 0) is 14.4 Å². The highest BCUT2D eigenvalue weighted by molar-refractivity contribution is 6.22. The Hall–Kier alpha value is -2.21. The van der Waals surface area contributed by atoms with Crippen LogP contribution in [0.15, 0.2) is 24.3 Å². The lowest BCUT2D eigenvalue weighted by molar-refractivity contribution is -0.124. The summed E-state index contributed by atoms with van der Waals surface area (Å²) in [5.41, 5.74) is 7.17. The lowest BCUT2D eigenvalue weighted by Crippen LogP contribution is -2.47. The van der Waals surface area contributed by atoms with Crippen molar-refractivity contribution in [2.75, 3.05) is 18.0 Å². The molecule has 0 saturated carbocycles. The number of likely N-dealkylation sites (tertiary alicyclic amines) is 1. The maximum absolute atomic E-state index is 12.8. The zero-order valence-electron chi connectivity index (χ0n) is 14.8. The van der Waals surface area contributed by atoms with Crippen LogP contribution in [0.2, 0.25) is 0 Å². The number of rotatable bonds is 4. The number of piperidine rings is 1. The summed E-state index contributed by atoms with van der Waals surface area (Å²) < 4.78 is 0. The van der Waals surface area contributed by atoms with Crippen molar-refractivity contribution in [1.29, 1.82) is 0 Å². The molecule has 0 bridgehead atoms. The van der Waals surface area contributed by atoms with Gasteiger partial charge in [0.05, 0.1) is 18.2 Å². The monoisotopic (exact) mass is 343 g/mol. The van der Waals surface area contributed by atoms with Crippen LogP contribution in [0.1, 0.15) is 44.6 Å². The normalized spacial score (nSPS) is 22.8. The molecule has 6 heteroatoms. The SMILES string of the molecule is CC(C)c1ccc(N2C(=O)C[C@@H](N3CCC(C(N)=O)CC3)C2=O)cc1. The second-order valence-corrected chi connectivity index (χ2v) is 7.25. The number of anilines is 1. The highest BCUT2D eigenvalue weighted by Gasteiger charge is 2.43. The van der Waals surface area contributed by atoms with Crippen LogP contribution in [0, 0.1) is 5.92 Å². The van der Waals surface area contributed by atoms with Gasteiger partial charge in [-0.05, 0) is 49.5 Å². The molecule has 2 fully saturated rings. The number of carbonyl (C=O) groups excluding carboxylic acids is 3. The van der Waals surface area contributed by atoms with Gasteiger partial charge >= 0.3 is 0 Å². The van der Waals surface area contributed by atoms with Crippen molar-refractivity contribution in [2.45, 2.75) is 45.1 Å². The minimum atomic E-state index is -0.425. The summed E-state index contributed by atoms with van der Waals surface area (Å²) in [6.07, 6.45) is 1.50. The Labute approximate surface area is 148 Å². The third-order valence-electron chi connectivity index (χ3n) is 5.31. The lowest BCUT2D eigenvalue weighted by atomic mass is 9.95. The molecule has 0 unspecified atom stereocenters. The number of nitrogens with zero attached hydrogens (tertiary/aromatic N) is 2. The van der Waals surface area contributed by atoms with Crippen molar-refractivity contribution in [3.8, 4) is 0 Å². The smallest absolute Gasteiger partial charge is 0.251 e. The molecule has 2 N–H and O–H groups in total. The number of benzene rings is 1. The molecule has 2 saturated heterocycles. The summed E-state index contributed by atoms with van der Waals surface area (Å²) >= 11 is 0. The third-order valence-corrected chi connectivity index (χ3v) is 5.31. The van der Waals surface area contributed by atoms with Crippen LogP contribution in [0.4, 0.5) is 5.69 Å². The number of hydrogen-bond donors (Lipinski definition) is 1. The fourth-order valence-corrected chi connectivity index (χ4v) is 3.68. The van der Waals surface area contributed by atoms with Crippen molar-refractivity contribution in [1.82, 2.24) is 4.90 Å². The van der Waals surface area contributed by atoms with Crippen molar-refractivity contribution in [3.05, 3.63) is 29.8 Å².